The van der Waals surface area contributed by atoms with E-state index < -0.39 is 33.9 Å². The second-order valence-corrected chi connectivity index (χ2v) is 8.52. The fraction of sp³-hybridized carbons (Fsp3) is 0.529. The molecule has 2 rings (SSSR count). The summed E-state index contributed by atoms with van der Waals surface area (Å²) in [7, 11) is -3.65. The predicted molar refractivity (Wildman–Crippen MR) is 92.3 cm³/mol. The van der Waals surface area contributed by atoms with Gasteiger partial charge >= 0.3 is 5.97 Å². The molecule has 0 bridgehead atoms. The van der Waals surface area contributed by atoms with Crippen LogP contribution in [0.25, 0.3) is 0 Å². The second-order valence-electron chi connectivity index (χ2n) is 6.58. The van der Waals surface area contributed by atoms with Crippen LogP contribution in [0.5, 0.6) is 0 Å². The van der Waals surface area contributed by atoms with E-state index in [4.69, 9.17) is 0 Å². The average Bonchev–Trinajstić information content (AvgIpc) is 2.59. The Hall–Kier alpha value is -1.93. The molecule has 1 aromatic carbocycles. The minimum Gasteiger partial charge on any atom is -0.480 e. The van der Waals surface area contributed by atoms with Gasteiger partial charge in [0.05, 0.1) is 10.8 Å². The van der Waals surface area contributed by atoms with Crippen molar-refractivity contribution in [1.29, 1.82) is 0 Å². The Morgan fingerprint density at radius 3 is 2.44 bits per heavy atom. The summed E-state index contributed by atoms with van der Waals surface area (Å²) in [5.41, 5.74) is 0. The number of amides is 1. The molecule has 1 fully saturated rings. The Morgan fingerprint density at radius 2 is 1.88 bits per heavy atom. The highest BCUT2D eigenvalue weighted by Crippen LogP contribution is 2.24. The van der Waals surface area contributed by atoms with Gasteiger partial charge in [-0.2, -0.15) is 4.31 Å². The summed E-state index contributed by atoms with van der Waals surface area (Å²) < 4.78 is 26.7. The van der Waals surface area contributed by atoms with Crippen LogP contribution in [-0.4, -0.2) is 48.8 Å². The first-order valence-corrected chi connectivity index (χ1v) is 9.76. The molecule has 2 N–H and O–H groups in total. The molecule has 2 atom stereocenters. The summed E-state index contributed by atoms with van der Waals surface area (Å²) >= 11 is 0. The minimum atomic E-state index is -3.65. The molecular formula is C17H24N2O5S. The van der Waals surface area contributed by atoms with Gasteiger partial charge in [0.1, 0.15) is 6.04 Å². The van der Waals surface area contributed by atoms with Crippen LogP contribution in [0.4, 0.5) is 0 Å². The smallest absolute Gasteiger partial charge is 0.326 e. The second kappa shape index (κ2) is 7.97. The van der Waals surface area contributed by atoms with E-state index in [1.54, 1.807) is 32.0 Å². The van der Waals surface area contributed by atoms with Gasteiger partial charge in [0.15, 0.2) is 0 Å². The van der Waals surface area contributed by atoms with Crippen LogP contribution in [0, 0.1) is 11.8 Å². The van der Waals surface area contributed by atoms with Crippen LogP contribution in [0.15, 0.2) is 35.2 Å². The van der Waals surface area contributed by atoms with Crippen LogP contribution >= 0.6 is 0 Å². The molecule has 0 aromatic heterocycles. The Balaban J connectivity index is 2.10. The lowest BCUT2D eigenvalue weighted by Gasteiger charge is -2.32. The lowest BCUT2D eigenvalue weighted by molar-refractivity contribution is -0.144. The number of hydrogen-bond acceptors (Lipinski definition) is 4. The zero-order valence-corrected chi connectivity index (χ0v) is 15.2. The van der Waals surface area contributed by atoms with Crippen LogP contribution in [0.2, 0.25) is 0 Å². The van der Waals surface area contributed by atoms with E-state index in [0.717, 1.165) is 0 Å². The molecule has 1 amide bonds. The number of hydrogen-bond donors (Lipinski definition) is 2. The van der Waals surface area contributed by atoms with Gasteiger partial charge < -0.3 is 10.4 Å². The van der Waals surface area contributed by atoms with Crippen molar-refractivity contribution in [2.75, 3.05) is 13.1 Å². The summed E-state index contributed by atoms with van der Waals surface area (Å²) in [6.07, 6.45) is 1.10. The molecule has 0 saturated carbocycles. The Bertz CT molecular complexity index is 718. The van der Waals surface area contributed by atoms with Crippen molar-refractivity contribution in [2.24, 2.45) is 11.8 Å². The van der Waals surface area contributed by atoms with Crippen molar-refractivity contribution >= 4 is 21.9 Å². The maximum Gasteiger partial charge on any atom is 0.326 e. The van der Waals surface area contributed by atoms with E-state index in [9.17, 15) is 23.1 Å². The molecule has 0 unspecified atom stereocenters. The van der Waals surface area contributed by atoms with E-state index in [-0.39, 0.29) is 17.4 Å². The first-order chi connectivity index (χ1) is 11.7. The monoisotopic (exact) mass is 368 g/mol. The largest absolute Gasteiger partial charge is 0.480 e. The highest BCUT2D eigenvalue weighted by atomic mass is 32.2. The zero-order chi connectivity index (χ0) is 18.6. The van der Waals surface area contributed by atoms with E-state index in [0.29, 0.717) is 19.4 Å². The molecule has 1 aliphatic heterocycles. The fourth-order valence-corrected chi connectivity index (χ4v) is 4.45. The van der Waals surface area contributed by atoms with E-state index in [1.165, 1.54) is 16.4 Å². The lowest BCUT2D eigenvalue weighted by Crippen LogP contribution is -2.50. The molecule has 0 spiro atoms. The number of carboxylic acids is 1. The molecule has 1 aliphatic rings. The molecular weight excluding hydrogens is 344 g/mol. The van der Waals surface area contributed by atoms with E-state index >= 15 is 0 Å². The van der Waals surface area contributed by atoms with Gasteiger partial charge in [-0.25, -0.2) is 13.2 Å². The van der Waals surface area contributed by atoms with Gasteiger partial charge in [-0.3, -0.25) is 4.79 Å². The average molecular weight is 368 g/mol. The molecule has 0 aliphatic carbocycles. The standard InChI is InChI=1S/C17H24N2O5S/c1-12(2)15(17(21)22)18-16(20)13-7-6-10-19(11-13)25(23,24)14-8-4-3-5-9-14/h3-5,8-9,12-13,15H,6-7,10-11H2,1-2H3,(H,18,20)(H,21,22)/t13-,15-/m0/s1. The van der Waals surface area contributed by atoms with Gasteiger partial charge in [0.2, 0.25) is 15.9 Å². The topological polar surface area (TPSA) is 104 Å². The lowest BCUT2D eigenvalue weighted by atomic mass is 9.97. The van der Waals surface area contributed by atoms with E-state index in [2.05, 4.69) is 5.32 Å². The quantitative estimate of drug-likeness (QED) is 0.788. The number of sulfonamides is 1. The minimum absolute atomic E-state index is 0.0630. The summed E-state index contributed by atoms with van der Waals surface area (Å²) in [6, 6.07) is 7.12. The van der Waals surface area contributed by atoms with Crippen molar-refractivity contribution in [2.45, 2.75) is 37.6 Å². The number of nitrogens with zero attached hydrogens (tertiary/aromatic N) is 1. The number of piperidine rings is 1. The van der Waals surface area contributed by atoms with E-state index in [1.807, 2.05) is 0 Å². The molecule has 1 aromatic rings. The number of rotatable bonds is 6. The predicted octanol–water partition coefficient (Wildman–Crippen LogP) is 1.31. The molecule has 25 heavy (non-hydrogen) atoms. The molecule has 7 nitrogen and oxygen atoms in total. The van der Waals surface area contributed by atoms with Crippen molar-refractivity contribution in [3.8, 4) is 0 Å². The van der Waals surface area contributed by atoms with Crippen molar-refractivity contribution in [1.82, 2.24) is 9.62 Å². The summed E-state index contributed by atoms with van der Waals surface area (Å²) in [4.78, 5) is 23.9. The Morgan fingerprint density at radius 1 is 1.24 bits per heavy atom. The van der Waals surface area contributed by atoms with Crippen molar-refractivity contribution < 1.29 is 23.1 Å². The molecule has 8 heteroatoms. The van der Waals surface area contributed by atoms with Crippen LogP contribution < -0.4 is 5.32 Å². The number of benzene rings is 1. The van der Waals surface area contributed by atoms with Gasteiger partial charge in [-0.05, 0) is 30.9 Å². The van der Waals surface area contributed by atoms with Crippen molar-refractivity contribution in [3.05, 3.63) is 30.3 Å². The number of carboxylic acid groups (broad SMARTS) is 1. The maximum absolute atomic E-state index is 12.7. The number of carbonyl (C=O) groups is 2. The highest BCUT2D eigenvalue weighted by Gasteiger charge is 2.35. The molecule has 138 valence electrons. The third-order valence-electron chi connectivity index (χ3n) is 4.37. The van der Waals surface area contributed by atoms with Gasteiger partial charge in [-0.15, -0.1) is 0 Å². The van der Waals surface area contributed by atoms with Gasteiger partial charge in [-0.1, -0.05) is 32.0 Å². The first-order valence-electron chi connectivity index (χ1n) is 8.32. The fourth-order valence-electron chi connectivity index (χ4n) is 2.90. The van der Waals surface area contributed by atoms with Gasteiger partial charge in [0, 0.05) is 13.1 Å². The molecule has 1 heterocycles. The van der Waals surface area contributed by atoms with Gasteiger partial charge in [0.25, 0.3) is 0 Å². The molecule has 0 radical (unpaired) electrons. The Labute approximate surface area is 148 Å². The summed E-state index contributed by atoms with van der Waals surface area (Å²) in [5.74, 6) is -2.30. The third kappa shape index (κ3) is 4.58. The number of carbonyl (C=O) groups excluding carboxylic acids is 1. The van der Waals surface area contributed by atoms with Crippen LogP contribution in [0.3, 0.4) is 0 Å². The van der Waals surface area contributed by atoms with Crippen LogP contribution in [0.1, 0.15) is 26.7 Å². The SMILES string of the molecule is CC(C)[C@H](NC(=O)[C@H]1CCCN(S(=O)(=O)c2ccccc2)C1)C(=O)O. The van der Waals surface area contributed by atoms with Crippen molar-refractivity contribution in [3.63, 3.8) is 0 Å². The summed E-state index contributed by atoms with van der Waals surface area (Å²) in [5, 5.41) is 11.7. The molecule has 1 saturated heterocycles. The normalized spacial score (nSPS) is 20.2. The first kappa shape index (κ1) is 19.4. The highest BCUT2D eigenvalue weighted by molar-refractivity contribution is 7.89. The third-order valence-corrected chi connectivity index (χ3v) is 6.25. The maximum atomic E-state index is 12.7. The number of nitrogens with one attached hydrogen (secondary N) is 1. The van der Waals surface area contributed by atoms with Crippen LogP contribution in [-0.2, 0) is 19.6 Å². The zero-order valence-electron chi connectivity index (χ0n) is 14.4. The Kier molecular flexibility index (Phi) is 6.18. The number of aliphatic carboxylic acids is 1. The summed E-state index contributed by atoms with van der Waals surface area (Å²) in [6.45, 7) is 3.85.